The third kappa shape index (κ3) is 4.18. The van der Waals surface area contributed by atoms with Gasteiger partial charge in [0.25, 0.3) is 0 Å². The van der Waals surface area contributed by atoms with Crippen LogP contribution in [0.15, 0.2) is 67.0 Å². The Hall–Kier alpha value is -4.59. The van der Waals surface area contributed by atoms with Gasteiger partial charge < -0.3 is 19.3 Å². The quantitative estimate of drug-likeness (QED) is 0.289. The van der Waals surface area contributed by atoms with Crippen molar-refractivity contribution in [3.8, 4) is 28.9 Å². The fourth-order valence-electron chi connectivity index (χ4n) is 4.94. The van der Waals surface area contributed by atoms with Crippen LogP contribution in [0.4, 0.5) is 0 Å². The van der Waals surface area contributed by atoms with E-state index in [9.17, 15) is 5.11 Å². The molecule has 1 N–H and O–H groups in total. The highest BCUT2D eigenvalue weighted by Gasteiger charge is 2.33. The standard InChI is InChI=1S/C30H28N4O4/c1-17(2)22-11-5-18(3)13-24(22)37-15-26-32-29-28-27(19-6-9-21(36-4)10-7-19)23-12-8-20(35)14-25(23)38-30(28)31-16-34(29)33-26/h5-14,16-17,27,35H,15H2,1-4H3. The van der Waals surface area contributed by atoms with Crippen molar-refractivity contribution < 1.29 is 19.3 Å². The zero-order valence-electron chi connectivity index (χ0n) is 21.7. The van der Waals surface area contributed by atoms with Crippen LogP contribution in [-0.2, 0) is 6.61 Å². The van der Waals surface area contributed by atoms with E-state index in [4.69, 9.17) is 19.2 Å². The molecule has 0 radical (unpaired) electrons. The first-order valence-electron chi connectivity index (χ1n) is 12.5. The molecule has 1 unspecified atom stereocenters. The normalized spacial score (nSPS) is 14.2. The van der Waals surface area contributed by atoms with Gasteiger partial charge in [-0.3, -0.25) is 0 Å². The molecular weight excluding hydrogens is 480 g/mol. The molecule has 38 heavy (non-hydrogen) atoms. The number of hydrogen-bond donors (Lipinski definition) is 1. The van der Waals surface area contributed by atoms with Crippen molar-refractivity contribution in [2.24, 2.45) is 0 Å². The lowest BCUT2D eigenvalue weighted by Gasteiger charge is -2.28. The van der Waals surface area contributed by atoms with E-state index in [2.05, 4.69) is 49.1 Å². The Kier molecular flexibility index (Phi) is 5.87. The molecule has 0 bridgehead atoms. The lowest BCUT2D eigenvalue weighted by atomic mass is 9.84. The van der Waals surface area contributed by atoms with Gasteiger partial charge in [-0.05, 0) is 53.8 Å². The van der Waals surface area contributed by atoms with E-state index in [1.54, 1.807) is 30.1 Å². The molecule has 0 aliphatic carbocycles. The number of fused-ring (bicyclic) bond motifs is 4. The van der Waals surface area contributed by atoms with E-state index in [-0.39, 0.29) is 18.3 Å². The molecule has 1 atom stereocenters. The molecule has 1 aliphatic heterocycles. The summed E-state index contributed by atoms with van der Waals surface area (Å²) in [6.45, 7) is 6.57. The van der Waals surface area contributed by atoms with Crippen molar-refractivity contribution in [2.45, 2.75) is 39.2 Å². The summed E-state index contributed by atoms with van der Waals surface area (Å²) in [5, 5.41) is 14.8. The molecule has 0 saturated carbocycles. The van der Waals surface area contributed by atoms with Crippen LogP contribution in [-0.4, -0.2) is 31.8 Å². The van der Waals surface area contributed by atoms with E-state index >= 15 is 0 Å². The number of hydrogen-bond acceptors (Lipinski definition) is 7. The van der Waals surface area contributed by atoms with Crippen LogP contribution >= 0.6 is 0 Å². The molecule has 0 saturated heterocycles. The minimum Gasteiger partial charge on any atom is -0.508 e. The average Bonchev–Trinajstić information content (AvgIpc) is 3.34. The van der Waals surface area contributed by atoms with Gasteiger partial charge in [-0.15, -0.1) is 5.10 Å². The smallest absolute Gasteiger partial charge is 0.228 e. The highest BCUT2D eigenvalue weighted by molar-refractivity contribution is 5.66. The number of phenols is 1. The van der Waals surface area contributed by atoms with Crippen LogP contribution < -0.4 is 14.2 Å². The Morgan fingerprint density at radius 2 is 1.87 bits per heavy atom. The fourth-order valence-corrected chi connectivity index (χ4v) is 4.94. The van der Waals surface area contributed by atoms with E-state index in [0.29, 0.717) is 29.0 Å². The minimum absolute atomic E-state index is 0.126. The largest absolute Gasteiger partial charge is 0.508 e. The molecular formula is C30H28N4O4. The van der Waals surface area contributed by atoms with Crippen molar-refractivity contribution in [1.29, 1.82) is 0 Å². The molecule has 192 valence electrons. The third-order valence-corrected chi connectivity index (χ3v) is 6.83. The summed E-state index contributed by atoms with van der Waals surface area (Å²) in [6.07, 6.45) is 1.59. The lowest BCUT2D eigenvalue weighted by Crippen LogP contribution is -2.15. The second-order valence-electron chi connectivity index (χ2n) is 9.77. The fraction of sp³-hybridized carbons (Fsp3) is 0.233. The maximum atomic E-state index is 10.1. The molecule has 0 fully saturated rings. The predicted molar refractivity (Wildman–Crippen MR) is 143 cm³/mol. The minimum atomic E-state index is -0.237. The van der Waals surface area contributed by atoms with Gasteiger partial charge in [-0.25, -0.2) is 14.5 Å². The topological polar surface area (TPSA) is 91.0 Å². The van der Waals surface area contributed by atoms with Gasteiger partial charge in [0.05, 0.1) is 12.7 Å². The summed E-state index contributed by atoms with van der Waals surface area (Å²) in [4.78, 5) is 9.43. The Morgan fingerprint density at radius 1 is 1.05 bits per heavy atom. The van der Waals surface area contributed by atoms with Crippen LogP contribution in [0.1, 0.15) is 59.3 Å². The average molecular weight is 509 g/mol. The van der Waals surface area contributed by atoms with Crippen molar-refractivity contribution in [2.75, 3.05) is 7.11 Å². The highest BCUT2D eigenvalue weighted by Crippen LogP contribution is 2.48. The predicted octanol–water partition coefficient (Wildman–Crippen LogP) is 6.14. The SMILES string of the molecule is COc1ccc(C2c3ccc(O)cc3Oc3ncn4nc(COc5cc(C)ccc5C(C)C)nc4c32)cc1. The van der Waals surface area contributed by atoms with Gasteiger partial charge in [0.1, 0.15) is 35.9 Å². The number of rotatable bonds is 6. The molecule has 1 aliphatic rings. The highest BCUT2D eigenvalue weighted by atomic mass is 16.5. The number of benzene rings is 3. The zero-order valence-corrected chi connectivity index (χ0v) is 21.7. The maximum absolute atomic E-state index is 10.1. The molecule has 3 aromatic carbocycles. The molecule has 8 nitrogen and oxygen atoms in total. The van der Waals surface area contributed by atoms with Gasteiger partial charge in [0.2, 0.25) is 5.88 Å². The second kappa shape index (κ2) is 9.37. The van der Waals surface area contributed by atoms with Crippen molar-refractivity contribution >= 4 is 5.65 Å². The number of aromatic nitrogens is 4. The third-order valence-electron chi connectivity index (χ3n) is 6.83. The maximum Gasteiger partial charge on any atom is 0.228 e. The molecule has 5 aromatic rings. The first kappa shape index (κ1) is 23.8. The number of methoxy groups -OCH3 is 1. The van der Waals surface area contributed by atoms with Crippen LogP contribution in [0.25, 0.3) is 5.65 Å². The van der Waals surface area contributed by atoms with Gasteiger partial charge in [0, 0.05) is 17.5 Å². The van der Waals surface area contributed by atoms with Crippen molar-refractivity contribution in [3.05, 3.63) is 101 Å². The lowest BCUT2D eigenvalue weighted by molar-refractivity contribution is 0.291. The van der Waals surface area contributed by atoms with Crippen molar-refractivity contribution in [1.82, 2.24) is 19.6 Å². The summed E-state index contributed by atoms with van der Waals surface area (Å²) in [6, 6.07) is 19.3. The molecule has 0 amide bonds. The molecule has 0 spiro atoms. The molecule has 2 aromatic heterocycles. The number of ether oxygens (including phenoxy) is 3. The van der Waals surface area contributed by atoms with E-state index < -0.39 is 0 Å². The van der Waals surface area contributed by atoms with E-state index in [1.807, 2.05) is 30.3 Å². The van der Waals surface area contributed by atoms with Crippen LogP contribution in [0, 0.1) is 6.92 Å². The molecule has 8 heteroatoms. The molecule has 3 heterocycles. The number of aromatic hydroxyl groups is 1. The summed E-state index contributed by atoms with van der Waals surface area (Å²) >= 11 is 0. The van der Waals surface area contributed by atoms with E-state index in [1.165, 1.54) is 0 Å². The van der Waals surface area contributed by atoms with E-state index in [0.717, 1.165) is 39.3 Å². The number of aryl methyl sites for hydroxylation is 1. The summed E-state index contributed by atoms with van der Waals surface area (Å²) in [5.74, 6) is 3.35. The van der Waals surface area contributed by atoms with Crippen LogP contribution in [0.3, 0.4) is 0 Å². The van der Waals surface area contributed by atoms with Gasteiger partial charge >= 0.3 is 0 Å². The number of phenolic OH excluding ortho intramolecular Hbond substituents is 1. The Labute approximate surface area is 220 Å². The summed E-state index contributed by atoms with van der Waals surface area (Å²) in [5.41, 5.74) is 5.63. The Bertz CT molecular complexity index is 1640. The summed E-state index contributed by atoms with van der Waals surface area (Å²) < 4.78 is 19.4. The first-order chi connectivity index (χ1) is 18.4. The Balaban J connectivity index is 1.43. The monoisotopic (exact) mass is 508 g/mol. The van der Waals surface area contributed by atoms with Gasteiger partial charge in [0.15, 0.2) is 11.5 Å². The zero-order chi connectivity index (χ0) is 26.4. The second-order valence-corrected chi connectivity index (χ2v) is 9.77. The Morgan fingerprint density at radius 3 is 2.63 bits per heavy atom. The first-order valence-corrected chi connectivity index (χ1v) is 12.5. The molecule has 6 rings (SSSR count). The van der Waals surface area contributed by atoms with Gasteiger partial charge in [-0.1, -0.05) is 44.2 Å². The van der Waals surface area contributed by atoms with Crippen LogP contribution in [0.2, 0.25) is 0 Å². The van der Waals surface area contributed by atoms with Gasteiger partial charge in [-0.2, -0.15) is 0 Å². The number of nitrogens with zero attached hydrogens (tertiary/aromatic N) is 4. The van der Waals surface area contributed by atoms with Crippen molar-refractivity contribution in [3.63, 3.8) is 0 Å². The van der Waals surface area contributed by atoms with Crippen LogP contribution in [0.5, 0.6) is 28.9 Å². The summed E-state index contributed by atoms with van der Waals surface area (Å²) in [7, 11) is 1.64.